The summed E-state index contributed by atoms with van der Waals surface area (Å²) in [6.45, 7) is 8.39. The van der Waals surface area contributed by atoms with Crippen molar-refractivity contribution in [2.45, 2.75) is 51.6 Å². The highest BCUT2D eigenvalue weighted by Crippen LogP contribution is 2.35. The second-order valence-corrected chi connectivity index (χ2v) is 4.95. The van der Waals surface area contributed by atoms with Gasteiger partial charge in [-0.3, -0.25) is 0 Å². The highest BCUT2D eigenvalue weighted by atomic mass is 15.2. The minimum atomic E-state index is 0.794. The molecule has 0 amide bonds. The lowest BCUT2D eigenvalue weighted by Crippen LogP contribution is -2.46. The first-order valence-electron chi connectivity index (χ1n) is 6.28. The Labute approximate surface area is 88.1 Å². The average Bonchev–Trinajstić information content (AvgIpc) is 3.02. The zero-order chi connectivity index (χ0) is 9.97. The van der Waals surface area contributed by atoms with Crippen molar-refractivity contribution in [3.05, 3.63) is 0 Å². The molecule has 0 aromatic rings. The molecule has 0 aromatic heterocycles. The predicted molar refractivity (Wildman–Crippen MR) is 60.5 cm³/mol. The Morgan fingerprint density at radius 2 is 1.86 bits per heavy atom. The molecule has 0 aromatic carbocycles. The van der Waals surface area contributed by atoms with Crippen molar-refractivity contribution in [2.75, 3.05) is 19.6 Å². The molecule has 1 heterocycles. The van der Waals surface area contributed by atoms with Crippen molar-refractivity contribution >= 4 is 0 Å². The Morgan fingerprint density at radius 3 is 2.36 bits per heavy atom. The molecule has 2 rings (SSSR count). The van der Waals surface area contributed by atoms with E-state index in [1.54, 1.807) is 0 Å². The summed E-state index contributed by atoms with van der Waals surface area (Å²) < 4.78 is 0. The van der Waals surface area contributed by atoms with Crippen LogP contribution >= 0.6 is 0 Å². The van der Waals surface area contributed by atoms with E-state index in [0.717, 1.165) is 24.5 Å². The molecule has 1 unspecified atom stereocenters. The number of rotatable bonds is 4. The van der Waals surface area contributed by atoms with Crippen LogP contribution in [0.5, 0.6) is 0 Å². The zero-order valence-corrected chi connectivity index (χ0v) is 9.63. The maximum atomic E-state index is 3.56. The number of hydrogen-bond acceptors (Lipinski definition) is 2. The van der Waals surface area contributed by atoms with Crippen molar-refractivity contribution in [1.29, 1.82) is 0 Å². The molecule has 14 heavy (non-hydrogen) atoms. The lowest BCUT2D eigenvalue weighted by Gasteiger charge is -2.36. The van der Waals surface area contributed by atoms with Gasteiger partial charge in [0, 0.05) is 12.1 Å². The molecule has 1 aliphatic carbocycles. The molecule has 1 N–H and O–H groups in total. The van der Waals surface area contributed by atoms with Gasteiger partial charge in [0.15, 0.2) is 0 Å². The first kappa shape index (κ1) is 10.4. The fraction of sp³-hybridized carbons (Fsp3) is 1.00. The minimum absolute atomic E-state index is 0.794. The second-order valence-electron chi connectivity index (χ2n) is 4.95. The Balaban J connectivity index is 1.71. The number of likely N-dealkylation sites (tertiary alicyclic amines) is 1. The van der Waals surface area contributed by atoms with E-state index in [1.165, 1.54) is 38.8 Å². The summed E-state index contributed by atoms with van der Waals surface area (Å²) in [5.74, 6) is 1.03. The van der Waals surface area contributed by atoms with Crippen molar-refractivity contribution in [1.82, 2.24) is 10.2 Å². The van der Waals surface area contributed by atoms with Crippen molar-refractivity contribution in [3.8, 4) is 0 Å². The van der Waals surface area contributed by atoms with Crippen LogP contribution < -0.4 is 5.32 Å². The van der Waals surface area contributed by atoms with E-state index in [4.69, 9.17) is 0 Å². The molecule has 2 fully saturated rings. The normalized spacial score (nSPS) is 27.9. The predicted octanol–water partition coefficient (Wildman–Crippen LogP) is 1.86. The van der Waals surface area contributed by atoms with E-state index in [9.17, 15) is 0 Å². The Hall–Kier alpha value is -0.0800. The summed E-state index contributed by atoms with van der Waals surface area (Å²) in [4.78, 5) is 2.70. The van der Waals surface area contributed by atoms with Crippen molar-refractivity contribution in [2.24, 2.45) is 5.92 Å². The van der Waals surface area contributed by atoms with E-state index >= 15 is 0 Å². The molecule has 1 aliphatic heterocycles. The topological polar surface area (TPSA) is 15.3 Å². The van der Waals surface area contributed by atoms with Gasteiger partial charge in [-0.2, -0.15) is 0 Å². The Bertz CT molecular complexity index is 169. The van der Waals surface area contributed by atoms with Gasteiger partial charge >= 0.3 is 0 Å². The molecule has 0 bridgehead atoms. The molecule has 1 saturated carbocycles. The van der Waals surface area contributed by atoms with Crippen molar-refractivity contribution < 1.29 is 0 Å². The molecule has 2 aliphatic rings. The standard InChI is InChI=1S/C12H24N2/c1-3-13-12-6-8-14(9-7-12)10(2)11-4-5-11/h10-13H,3-9H2,1-2H3. The molecule has 1 saturated heterocycles. The van der Waals surface area contributed by atoms with Gasteiger partial charge in [0.1, 0.15) is 0 Å². The maximum Gasteiger partial charge on any atom is 0.00952 e. The van der Waals surface area contributed by atoms with E-state index < -0.39 is 0 Å². The van der Waals surface area contributed by atoms with Gasteiger partial charge in [-0.15, -0.1) is 0 Å². The molecule has 82 valence electrons. The largest absolute Gasteiger partial charge is 0.314 e. The Kier molecular flexibility index (Phi) is 3.45. The molecular formula is C12H24N2. The third-order valence-corrected chi connectivity index (χ3v) is 3.90. The number of piperidine rings is 1. The van der Waals surface area contributed by atoms with Crippen LogP contribution in [0.2, 0.25) is 0 Å². The second kappa shape index (κ2) is 4.63. The molecule has 0 spiro atoms. The van der Waals surface area contributed by atoms with Crippen LogP contribution in [0, 0.1) is 5.92 Å². The summed E-state index contributed by atoms with van der Waals surface area (Å²) in [5.41, 5.74) is 0. The quantitative estimate of drug-likeness (QED) is 0.738. The van der Waals surface area contributed by atoms with Gasteiger partial charge in [-0.25, -0.2) is 0 Å². The van der Waals surface area contributed by atoms with Crippen molar-refractivity contribution in [3.63, 3.8) is 0 Å². The van der Waals surface area contributed by atoms with Crippen LogP contribution in [-0.4, -0.2) is 36.6 Å². The fourth-order valence-corrected chi connectivity index (χ4v) is 2.68. The monoisotopic (exact) mass is 196 g/mol. The first-order valence-corrected chi connectivity index (χ1v) is 6.28. The number of hydrogen-bond donors (Lipinski definition) is 1. The Morgan fingerprint density at radius 1 is 1.21 bits per heavy atom. The summed E-state index contributed by atoms with van der Waals surface area (Å²) in [7, 11) is 0. The van der Waals surface area contributed by atoms with Crippen LogP contribution in [0.15, 0.2) is 0 Å². The van der Waals surface area contributed by atoms with E-state index in [2.05, 4.69) is 24.1 Å². The molecule has 1 atom stereocenters. The summed E-state index contributed by atoms with van der Waals surface area (Å²) in [5, 5.41) is 3.56. The number of nitrogens with one attached hydrogen (secondary N) is 1. The lowest BCUT2D eigenvalue weighted by molar-refractivity contribution is 0.139. The zero-order valence-electron chi connectivity index (χ0n) is 9.63. The van der Waals surface area contributed by atoms with E-state index in [1.807, 2.05) is 0 Å². The molecular weight excluding hydrogens is 172 g/mol. The van der Waals surface area contributed by atoms with Crippen LogP contribution in [0.3, 0.4) is 0 Å². The average molecular weight is 196 g/mol. The first-order chi connectivity index (χ1) is 6.81. The summed E-state index contributed by atoms with van der Waals surface area (Å²) >= 11 is 0. The van der Waals surface area contributed by atoms with Crippen LogP contribution in [0.25, 0.3) is 0 Å². The van der Waals surface area contributed by atoms with E-state index in [-0.39, 0.29) is 0 Å². The minimum Gasteiger partial charge on any atom is -0.314 e. The third-order valence-electron chi connectivity index (χ3n) is 3.90. The highest BCUT2D eigenvalue weighted by molar-refractivity contribution is 4.88. The van der Waals surface area contributed by atoms with Gasteiger partial charge in [-0.1, -0.05) is 6.92 Å². The highest BCUT2D eigenvalue weighted by Gasteiger charge is 2.33. The summed E-state index contributed by atoms with van der Waals surface area (Å²) in [6.07, 6.45) is 5.67. The lowest BCUT2D eigenvalue weighted by atomic mass is 10.0. The van der Waals surface area contributed by atoms with Gasteiger partial charge in [-0.05, 0) is 58.2 Å². The van der Waals surface area contributed by atoms with Gasteiger partial charge in [0.05, 0.1) is 0 Å². The smallest absolute Gasteiger partial charge is 0.00952 e. The van der Waals surface area contributed by atoms with Crippen LogP contribution in [-0.2, 0) is 0 Å². The fourth-order valence-electron chi connectivity index (χ4n) is 2.68. The third kappa shape index (κ3) is 2.48. The van der Waals surface area contributed by atoms with Crippen LogP contribution in [0.4, 0.5) is 0 Å². The van der Waals surface area contributed by atoms with Gasteiger partial charge in [0.25, 0.3) is 0 Å². The SMILES string of the molecule is CCNC1CCN(C(C)C2CC2)CC1. The van der Waals surface area contributed by atoms with Gasteiger partial charge < -0.3 is 10.2 Å². The summed E-state index contributed by atoms with van der Waals surface area (Å²) in [6, 6.07) is 1.65. The van der Waals surface area contributed by atoms with E-state index in [0.29, 0.717) is 0 Å². The number of nitrogens with zero attached hydrogens (tertiary/aromatic N) is 1. The maximum absolute atomic E-state index is 3.56. The molecule has 0 radical (unpaired) electrons. The van der Waals surface area contributed by atoms with Crippen LogP contribution in [0.1, 0.15) is 39.5 Å². The molecule has 2 heteroatoms. The van der Waals surface area contributed by atoms with Gasteiger partial charge in [0.2, 0.25) is 0 Å². The molecule has 2 nitrogen and oxygen atoms in total.